The van der Waals surface area contributed by atoms with Gasteiger partial charge in [0.2, 0.25) is 5.91 Å². The monoisotopic (exact) mass is 390 g/mol. The molecule has 154 valence electrons. The molecule has 1 unspecified atom stereocenters. The number of amides is 2. The van der Waals surface area contributed by atoms with Crippen LogP contribution in [0.25, 0.3) is 0 Å². The Balaban J connectivity index is 1.98. The van der Waals surface area contributed by atoms with Gasteiger partial charge in [-0.2, -0.15) is 0 Å². The average molecular weight is 390 g/mol. The number of nitrogens with zero attached hydrogens (tertiary/aromatic N) is 2. The molecule has 0 radical (unpaired) electrons. The van der Waals surface area contributed by atoms with Crippen LogP contribution < -0.4 is 14.2 Å². The van der Waals surface area contributed by atoms with Crippen molar-refractivity contribution in [3.05, 3.63) is 17.7 Å². The minimum absolute atomic E-state index is 0.0888. The van der Waals surface area contributed by atoms with E-state index in [1.807, 2.05) is 4.90 Å². The number of rotatable bonds is 6. The lowest BCUT2D eigenvalue weighted by Crippen LogP contribution is -2.61. The van der Waals surface area contributed by atoms with Gasteiger partial charge in [0.1, 0.15) is 11.3 Å². The van der Waals surface area contributed by atoms with Crippen LogP contribution in [0.5, 0.6) is 17.2 Å². The summed E-state index contributed by atoms with van der Waals surface area (Å²) in [4.78, 5) is 30.6. The summed E-state index contributed by atoms with van der Waals surface area (Å²) in [5.41, 5.74) is -0.343. The fourth-order valence-corrected chi connectivity index (χ4v) is 4.55. The summed E-state index contributed by atoms with van der Waals surface area (Å²) in [6.07, 6.45) is 4.09. The van der Waals surface area contributed by atoms with E-state index in [0.717, 1.165) is 32.4 Å². The molecule has 2 heterocycles. The van der Waals surface area contributed by atoms with Gasteiger partial charge in [-0.05, 0) is 32.1 Å². The molecule has 2 aliphatic rings. The molecule has 2 aliphatic heterocycles. The first kappa shape index (κ1) is 20.3. The maximum atomic E-state index is 13.6. The van der Waals surface area contributed by atoms with Crippen LogP contribution in [-0.4, -0.2) is 68.1 Å². The van der Waals surface area contributed by atoms with E-state index in [9.17, 15) is 9.59 Å². The summed E-state index contributed by atoms with van der Waals surface area (Å²) in [5, 5.41) is 0. The van der Waals surface area contributed by atoms with Crippen molar-refractivity contribution in [2.45, 2.75) is 44.6 Å². The van der Waals surface area contributed by atoms with Crippen LogP contribution in [0, 0.1) is 0 Å². The van der Waals surface area contributed by atoms with Crippen LogP contribution in [0.15, 0.2) is 12.1 Å². The summed E-state index contributed by atoms with van der Waals surface area (Å²) < 4.78 is 16.1. The number of piperidine rings is 1. The fraction of sp³-hybridized carbons (Fsp3) is 0.619. The van der Waals surface area contributed by atoms with E-state index in [0.29, 0.717) is 42.2 Å². The molecule has 28 heavy (non-hydrogen) atoms. The van der Waals surface area contributed by atoms with Crippen molar-refractivity contribution in [1.82, 2.24) is 9.80 Å². The molecule has 2 fully saturated rings. The second kappa shape index (κ2) is 8.29. The average Bonchev–Trinajstić information content (AvgIpc) is 3.14. The zero-order chi connectivity index (χ0) is 20.3. The number of methoxy groups -OCH3 is 3. The molecular weight excluding hydrogens is 360 g/mol. The first-order chi connectivity index (χ1) is 13.5. The summed E-state index contributed by atoms with van der Waals surface area (Å²) in [5.74, 6) is 1.27. The fourth-order valence-electron chi connectivity index (χ4n) is 4.55. The number of likely N-dealkylation sites (tertiary alicyclic amines) is 2. The van der Waals surface area contributed by atoms with Crippen LogP contribution in [0.4, 0.5) is 0 Å². The molecule has 7 heteroatoms. The van der Waals surface area contributed by atoms with Crippen molar-refractivity contribution in [2.75, 3.05) is 41.0 Å². The lowest BCUT2D eigenvalue weighted by molar-refractivity contribution is -0.145. The molecule has 1 spiro atoms. The summed E-state index contributed by atoms with van der Waals surface area (Å²) in [6, 6.07) is 3.30. The van der Waals surface area contributed by atoms with Crippen LogP contribution in [0.2, 0.25) is 0 Å². The molecule has 2 amide bonds. The second-order valence-corrected chi connectivity index (χ2v) is 7.40. The van der Waals surface area contributed by atoms with E-state index in [1.165, 1.54) is 21.3 Å². The van der Waals surface area contributed by atoms with E-state index >= 15 is 0 Å². The minimum atomic E-state index is -0.733. The zero-order valence-electron chi connectivity index (χ0n) is 17.2. The third-order valence-electron chi connectivity index (χ3n) is 5.87. The number of benzene rings is 1. The van der Waals surface area contributed by atoms with Gasteiger partial charge in [0.25, 0.3) is 5.91 Å². The van der Waals surface area contributed by atoms with Gasteiger partial charge in [0, 0.05) is 31.8 Å². The van der Waals surface area contributed by atoms with Crippen LogP contribution >= 0.6 is 0 Å². The zero-order valence-corrected chi connectivity index (χ0v) is 17.2. The van der Waals surface area contributed by atoms with Crippen LogP contribution in [0.1, 0.15) is 49.4 Å². The first-order valence-corrected chi connectivity index (χ1v) is 9.93. The molecule has 0 aromatic heterocycles. The molecule has 1 aromatic carbocycles. The number of ether oxygens (including phenoxy) is 3. The second-order valence-electron chi connectivity index (χ2n) is 7.40. The lowest BCUT2D eigenvalue weighted by atomic mass is 9.85. The SMILES string of the molecule is CCCN1CCCC2(CCCN2C(=O)c2cc(OC)c(OC)cc2OC)C1=O. The first-order valence-electron chi connectivity index (χ1n) is 9.93. The van der Waals surface area contributed by atoms with Gasteiger partial charge in [0.15, 0.2) is 11.5 Å². The Labute approximate surface area is 166 Å². The van der Waals surface area contributed by atoms with Crippen molar-refractivity contribution >= 4 is 11.8 Å². The predicted molar refractivity (Wildman–Crippen MR) is 105 cm³/mol. The van der Waals surface area contributed by atoms with Crippen LogP contribution in [0.3, 0.4) is 0 Å². The molecular formula is C21H30N2O5. The quantitative estimate of drug-likeness (QED) is 0.747. The Morgan fingerprint density at radius 3 is 2.21 bits per heavy atom. The van der Waals surface area contributed by atoms with Gasteiger partial charge in [-0.25, -0.2) is 0 Å². The number of hydrogen-bond acceptors (Lipinski definition) is 5. The maximum absolute atomic E-state index is 13.6. The minimum Gasteiger partial charge on any atom is -0.496 e. The smallest absolute Gasteiger partial charge is 0.258 e. The highest BCUT2D eigenvalue weighted by molar-refractivity contribution is 6.02. The standard InChI is InChI=1S/C21H30N2O5/c1-5-10-22-11-6-8-21(20(22)25)9-7-12-23(21)19(24)15-13-17(27-3)18(28-4)14-16(15)26-2/h13-14H,5-12H2,1-4H3. The Hall–Kier alpha value is -2.44. The highest BCUT2D eigenvalue weighted by Crippen LogP contribution is 2.41. The third kappa shape index (κ3) is 3.27. The third-order valence-corrected chi connectivity index (χ3v) is 5.87. The molecule has 7 nitrogen and oxygen atoms in total. The number of carbonyl (C=O) groups excluding carboxylic acids is 2. The van der Waals surface area contributed by atoms with Gasteiger partial charge >= 0.3 is 0 Å². The van der Waals surface area contributed by atoms with Gasteiger partial charge in [-0.3, -0.25) is 9.59 Å². The Morgan fingerprint density at radius 1 is 1.00 bits per heavy atom. The van der Waals surface area contributed by atoms with Crippen molar-refractivity contribution < 1.29 is 23.8 Å². The summed E-state index contributed by atoms with van der Waals surface area (Å²) >= 11 is 0. The summed E-state index contributed by atoms with van der Waals surface area (Å²) in [7, 11) is 4.59. The molecule has 0 aliphatic carbocycles. The molecule has 2 saturated heterocycles. The highest BCUT2D eigenvalue weighted by Gasteiger charge is 2.53. The van der Waals surface area contributed by atoms with E-state index in [1.54, 1.807) is 17.0 Å². The topological polar surface area (TPSA) is 68.3 Å². The van der Waals surface area contributed by atoms with E-state index in [-0.39, 0.29) is 11.8 Å². The van der Waals surface area contributed by atoms with Gasteiger partial charge in [-0.15, -0.1) is 0 Å². The van der Waals surface area contributed by atoms with E-state index in [2.05, 4.69) is 6.92 Å². The van der Waals surface area contributed by atoms with Crippen molar-refractivity contribution in [3.8, 4) is 17.2 Å². The Morgan fingerprint density at radius 2 is 1.61 bits per heavy atom. The number of carbonyl (C=O) groups is 2. The number of hydrogen-bond donors (Lipinski definition) is 0. The lowest BCUT2D eigenvalue weighted by Gasteiger charge is -2.44. The van der Waals surface area contributed by atoms with Crippen molar-refractivity contribution in [2.24, 2.45) is 0 Å². The van der Waals surface area contributed by atoms with Gasteiger partial charge in [-0.1, -0.05) is 6.92 Å². The highest BCUT2D eigenvalue weighted by atomic mass is 16.5. The molecule has 1 atom stereocenters. The van der Waals surface area contributed by atoms with Gasteiger partial charge in [0.05, 0.1) is 26.9 Å². The van der Waals surface area contributed by atoms with Gasteiger partial charge < -0.3 is 24.0 Å². The van der Waals surface area contributed by atoms with Crippen molar-refractivity contribution in [3.63, 3.8) is 0 Å². The van der Waals surface area contributed by atoms with E-state index < -0.39 is 5.54 Å². The molecule has 0 N–H and O–H groups in total. The molecule has 0 saturated carbocycles. The van der Waals surface area contributed by atoms with Crippen molar-refractivity contribution in [1.29, 1.82) is 0 Å². The molecule has 3 rings (SSSR count). The maximum Gasteiger partial charge on any atom is 0.258 e. The predicted octanol–water partition coefficient (Wildman–Crippen LogP) is 2.72. The Bertz CT molecular complexity index is 749. The van der Waals surface area contributed by atoms with Crippen LogP contribution in [-0.2, 0) is 4.79 Å². The molecule has 1 aromatic rings. The Kier molecular flexibility index (Phi) is 6.01. The molecule has 0 bridgehead atoms. The largest absolute Gasteiger partial charge is 0.496 e. The van der Waals surface area contributed by atoms with E-state index in [4.69, 9.17) is 14.2 Å². The normalized spacial score (nSPS) is 21.9. The summed E-state index contributed by atoms with van der Waals surface area (Å²) in [6.45, 7) is 4.15.